The lowest BCUT2D eigenvalue weighted by Gasteiger charge is -2.09. The van der Waals surface area contributed by atoms with Gasteiger partial charge >= 0.3 is 0 Å². The van der Waals surface area contributed by atoms with Crippen LogP contribution in [-0.4, -0.2) is 9.55 Å². The molecular weight excluding hydrogens is 174 g/mol. The molecule has 0 unspecified atom stereocenters. The van der Waals surface area contributed by atoms with Gasteiger partial charge in [0.1, 0.15) is 0 Å². The molecule has 0 aliphatic heterocycles. The van der Waals surface area contributed by atoms with Gasteiger partial charge in [0.05, 0.1) is 13.0 Å². The number of para-hydroxylation sites is 1. The van der Waals surface area contributed by atoms with E-state index in [2.05, 4.69) is 29.4 Å². The first-order valence-electron chi connectivity index (χ1n) is 4.61. The molecule has 1 aromatic heterocycles. The van der Waals surface area contributed by atoms with E-state index in [9.17, 15) is 0 Å². The second-order valence-corrected chi connectivity index (χ2v) is 3.23. The highest BCUT2D eigenvalue weighted by Crippen LogP contribution is 2.12. The number of hydrogen-bond acceptors (Lipinski definition) is 2. The van der Waals surface area contributed by atoms with Gasteiger partial charge in [0.15, 0.2) is 0 Å². The Bertz CT molecular complexity index is 393. The molecular formula is C11H13N3. The number of aryl methyl sites for hydroxylation is 1. The molecule has 0 radical (unpaired) electrons. The van der Waals surface area contributed by atoms with Crippen LogP contribution in [0.3, 0.4) is 0 Å². The Morgan fingerprint density at radius 3 is 2.93 bits per heavy atom. The maximum absolute atomic E-state index is 3.98. The largest absolute Gasteiger partial charge is 0.367 e. The van der Waals surface area contributed by atoms with Crippen molar-refractivity contribution in [2.24, 2.45) is 0 Å². The Hall–Kier alpha value is -1.77. The second-order valence-electron chi connectivity index (χ2n) is 3.23. The summed E-state index contributed by atoms with van der Waals surface area (Å²) in [5, 5.41) is 3.34. The maximum atomic E-state index is 3.98. The molecule has 0 saturated heterocycles. The Morgan fingerprint density at radius 2 is 2.21 bits per heavy atom. The third-order valence-corrected chi connectivity index (χ3v) is 2.16. The van der Waals surface area contributed by atoms with Crippen LogP contribution in [0.15, 0.2) is 43.0 Å². The van der Waals surface area contributed by atoms with Crippen molar-refractivity contribution in [3.63, 3.8) is 0 Å². The van der Waals surface area contributed by atoms with Gasteiger partial charge in [0, 0.05) is 18.1 Å². The molecule has 0 aliphatic rings. The Morgan fingerprint density at radius 1 is 1.36 bits per heavy atom. The molecule has 2 rings (SSSR count). The first-order chi connectivity index (χ1) is 6.86. The van der Waals surface area contributed by atoms with Crippen LogP contribution >= 0.6 is 0 Å². The third kappa shape index (κ3) is 1.93. The molecule has 0 saturated carbocycles. The van der Waals surface area contributed by atoms with Gasteiger partial charge in [-0.15, -0.1) is 0 Å². The van der Waals surface area contributed by atoms with Crippen LogP contribution in [0.5, 0.6) is 0 Å². The number of aromatic nitrogens is 2. The summed E-state index contributed by atoms with van der Waals surface area (Å²) in [7, 11) is 0. The molecule has 72 valence electrons. The van der Waals surface area contributed by atoms with Crippen molar-refractivity contribution in [1.29, 1.82) is 0 Å². The lowest BCUT2D eigenvalue weighted by molar-refractivity contribution is 0.773. The van der Waals surface area contributed by atoms with Crippen molar-refractivity contribution in [1.82, 2.24) is 9.55 Å². The minimum Gasteiger partial charge on any atom is -0.367 e. The standard InChI is InChI=1S/C11H13N3/c1-10-4-2-3-5-11(10)13-9-14-7-6-12-8-14/h2-8,13H,9H2,1H3. The predicted molar refractivity (Wildman–Crippen MR) is 57.0 cm³/mol. The van der Waals surface area contributed by atoms with Gasteiger partial charge in [-0.05, 0) is 18.6 Å². The Kier molecular flexibility index (Phi) is 2.49. The van der Waals surface area contributed by atoms with Crippen molar-refractivity contribution < 1.29 is 0 Å². The van der Waals surface area contributed by atoms with Crippen LogP contribution < -0.4 is 5.32 Å². The van der Waals surface area contributed by atoms with E-state index in [1.807, 2.05) is 22.9 Å². The van der Waals surface area contributed by atoms with Gasteiger partial charge in [-0.3, -0.25) is 0 Å². The van der Waals surface area contributed by atoms with Gasteiger partial charge < -0.3 is 9.88 Å². The average molecular weight is 187 g/mol. The van der Waals surface area contributed by atoms with Crippen LogP contribution in [0, 0.1) is 6.92 Å². The fourth-order valence-electron chi connectivity index (χ4n) is 1.33. The molecule has 0 fully saturated rings. The van der Waals surface area contributed by atoms with Crippen molar-refractivity contribution in [2.45, 2.75) is 13.6 Å². The lowest BCUT2D eigenvalue weighted by atomic mass is 10.2. The summed E-state index contributed by atoms with van der Waals surface area (Å²) in [4.78, 5) is 3.98. The summed E-state index contributed by atoms with van der Waals surface area (Å²) in [6.07, 6.45) is 5.51. The zero-order valence-electron chi connectivity index (χ0n) is 8.14. The average Bonchev–Trinajstić information content (AvgIpc) is 2.69. The molecule has 3 nitrogen and oxygen atoms in total. The van der Waals surface area contributed by atoms with Crippen LogP contribution in [0.25, 0.3) is 0 Å². The normalized spacial score (nSPS) is 10.1. The highest BCUT2D eigenvalue weighted by Gasteiger charge is 1.94. The highest BCUT2D eigenvalue weighted by atomic mass is 15.1. The number of nitrogens with zero attached hydrogens (tertiary/aromatic N) is 2. The van der Waals surface area contributed by atoms with E-state index >= 15 is 0 Å². The molecule has 0 spiro atoms. The fraction of sp³-hybridized carbons (Fsp3) is 0.182. The second kappa shape index (κ2) is 3.96. The molecule has 2 aromatic rings. The summed E-state index contributed by atoms with van der Waals surface area (Å²) in [5.74, 6) is 0. The first kappa shape index (κ1) is 8.81. The molecule has 0 amide bonds. The van der Waals surface area contributed by atoms with E-state index in [1.165, 1.54) is 11.3 Å². The third-order valence-electron chi connectivity index (χ3n) is 2.16. The van der Waals surface area contributed by atoms with Crippen molar-refractivity contribution >= 4 is 5.69 Å². The summed E-state index contributed by atoms with van der Waals surface area (Å²) < 4.78 is 1.99. The quantitative estimate of drug-likeness (QED) is 0.798. The van der Waals surface area contributed by atoms with Gasteiger partial charge in [-0.25, -0.2) is 4.98 Å². The summed E-state index contributed by atoms with van der Waals surface area (Å²) in [6, 6.07) is 8.24. The molecule has 14 heavy (non-hydrogen) atoms. The summed E-state index contributed by atoms with van der Waals surface area (Å²) >= 11 is 0. The number of imidazole rings is 1. The van der Waals surface area contributed by atoms with Gasteiger partial charge in [-0.1, -0.05) is 18.2 Å². The van der Waals surface area contributed by atoms with Gasteiger partial charge in [0.25, 0.3) is 0 Å². The van der Waals surface area contributed by atoms with E-state index in [-0.39, 0.29) is 0 Å². The molecule has 1 heterocycles. The smallest absolute Gasteiger partial charge is 0.0960 e. The first-order valence-corrected chi connectivity index (χ1v) is 4.61. The van der Waals surface area contributed by atoms with E-state index < -0.39 is 0 Å². The number of benzene rings is 1. The van der Waals surface area contributed by atoms with E-state index in [0.29, 0.717) is 0 Å². The van der Waals surface area contributed by atoms with E-state index in [4.69, 9.17) is 0 Å². The van der Waals surface area contributed by atoms with Crippen LogP contribution in [0.1, 0.15) is 5.56 Å². The predicted octanol–water partition coefficient (Wildman–Crippen LogP) is 2.26. The van der Waals surface area contributed by atoms with Crippen molar-refractivity contribution in [3.05, 3.63) is 48.5 Å². The Balaban J connectivity index is 2.02. The topological polar surface area (TPSA) is 29.9 Å². The maximum Gasteiger partial charge on any atom is 0.0960 e. The van der Waals surface area contributed by atoms with Crippen molar-refractivity contribution in [2.75, 3.05) is 5.32 Å². The Labute approximate surface area is 83.4 Å². The number of hydrogen-bond donors (Lipinski definition) is 1. The summed E-state index contributed by atoms with van der Waals surface area (Å²) in [5.41, 5.74) is 2.42. The zero-order valence-corrected chi connectivity index (χ0v) is 8.14. The van der Waals surface area contributed by atoms with Crippen molar-refractivity contribution in [3.8, 4) is 0 Å². The zero-order chi connectivity index (χ0) is 9.80. The van der Waals surface area contributed by atoms with E-state index in [0.717, 1.165) is 6.67 Å². The van der Waals surface area contributed by atoms with Gasteiger partial charge in [0.2, 0.25) is 0 Å². The minimum atomic E-state index is 0.755. The molecule has 0 atom stereocenters. The molecule has 1 aromatic carbocycles. The lowest BCUT2D eigenvalue weighted by Crippen LogP contribution is -2.06. The number of anilines is 1. The van der Waals surface area contributed by atoms with Crippen LogP contribution in [-0.2, 0) is 6.67 Å². The molecule has 0 aliphatic carbocycles. The van der Waals surface area contributed by atoms with E-state index in [1.54, 1.807) is 12.5 Å². The number of rotatable bonds is 3. The van der Waals surface area contributed by atoms with Gasteiger partial charge in [-0.2, -0.15) is 0 Å². The minimum absolute atomic E-state index is 0.755. The molecule has 3 heteroatoms. The van der Waals surface area contributed by atoms with Crippen LogP contribution in [0.2, 0.25) is 0 Å². The fourth-order valence-corrected chi connectivity index (χ4v) is 1.33. The highest BCUT2D eigenvalue weighted by molar-refractivity contribution is 5.49. The monoisotopic (exact) mass is 187 g/mol. The SMILES string of the molecule is Cc1ccccc1NCn1ccnc1. The number of nitrogens with one attached hydrogen (secondary N) is 1. The summed E-state index contributed by atoms with van der Waals surface area (Å²) in [6.45, 7) is 2.85. The van der Waals surface area contributed by atoms with Crippen LogP contribution in [0.4, 0.5) is 5.69 Å². The molecule has 1 N–H and O–H groups in total. The molecule has 0 bridgehead atoms.